The van der Waals surface area contributed by atoms with E-state index in [9.17, 15) is 8.78 Å². The zero-order valence-corrected chi connectivity index (χ0v) is 2.28. The second-order valence-corrected chi connectivity index (χ2v) is 0.419. The van der Waals surface area contributed by atoms with Crippen molar-refractivity contribution in [3.05, 3.63) is 12.3 Å². The van der Waals surface area contributed by atoms with Gasteiger partial charge in [-0.2, -0.15) is 8.78 Å². The van der Waals surface area contributed by atoms with Crippen LogP contribution in [0.5, 0.6) is 0 Å². The van der Waals surface area contributed by atoms with Gasteiger partial charge in [-0.25, -0.2) is 0 Å². The van der Waals surface area contributed by atoms with Crippen molar-refractivity contribution >= 4 is 0 Å². The summed E-state index contributed by atoms with van der Waals surface area (Å²) in [5.41, 5.74) is 0. The Hall–Kier alpha value is -0.600. The fourth-order valence-electron chi connectivity index (χ4n) is 0. The Kier molecular flexibility index (Phi) is 1.49. The molecule has 0 aliphatic rings. The molecule has 0 amide bonds. The van der Waals surface area contributed by atoms with Gasteiger partial charge in [-0.3, -0.25) is 0 Å². The minimum absolute atomic E-state index is 0.250. The standard InChI is InChI=1S/C2H2F2O/c3-2(4)1-5/h1,5H. The van der Waals surface area contributed by atoms with Crippen molar-refractivity contribution in [1.82, 2.24) is 0 Å². The van der Waals surface area contributed by atoms with Gasteiger partial charge in [0.15, 0.2) is 0 Å². The molecule has 5 heavy (non-hydrogen) atoms. The van der Waals surface area contributed by atoms with E-state index in [4.69, 9.17) is 5.11 Å². The fourth-order valence-corrected chi connectivity index (χ4v) is 0. The van der Waals surface area contributed by atoms with Gasteiger partial charge in [0.25, 0.3) is 0 Å². The monoisotopic (exact) mass is 80.0 g/mol. The molecule has 30 valence electrons. The molecule has 0 aromatic rings. The first-order chi connectivity index (χ1) is 2.27. The highest BCUT2D eigenvalue weighted by Gasteiger charge is 1.76. The van der Waals surface area contributed by atoms with E-state index < -0.39 is 6.08 Å². The quantitative estimate of drug-likeness (QED) is 0.434. The van der Waals surface area contributed by atoms with E-state index in [0.29, 0.717) is 0 Å². The van der Waals surface area contributed by atoms with Crippen LogP contribution in [0.2, 0.25) is 0 Å². The van der Waals surface area contributed by atoms with Crippen LogP contribution in [-0.2, 0) is 0 Å². The van der Waals surface area contributed by atoms with Gasteiger partial charge in [-0.15, -0.1) is 0 Å². The molecule has 0 bridgehead atoms. The highest BCUT2D eigenvalue weighted by molar-refractivity contribution is 4.65. The average Bonchev–Trinajstić information content (AvgIpc) is 1.38. The molecule has 0 atom stereocenters. The molecule has 0 spiro atoms. The Balaban J connectivity index is 3.14. The van der Waals surface area contributed by atoms with E-state index >= 15 is 0 Å². The van der Waals surface area contributed by atoms with Gasteiger partial charge < -0.3 is 5.11 Å². The van der Waals surface area contributed by atoms with E-state index in [-0.39, 0.29) is 6.26 Å². The van der Waals surface area contributed by atoms with Crippen molar-refractivity contribution in [3.8, 4) is 0 Å². The summed E-state index contributed by atoms with van der Waals surface area (Å²) in [4.78, 5) is 0. The van der Waals surface area contributed by atoms with Crippen molar-refractivity contribution in [3.63, 3.8) is 0 Å². The first-order valence-electron chi connectivity index (χ1n) is 0.925. The molecule has 1 nitrogen and oxygen atoms in total. The van der Waals surface area contributed by atoms with Crippen LogP contribution < -0.4 is 0 Å². The zero-order chi connectivity index (χ0) is 4.28. The summed E-state index contributed by atoms with van der Waals surface area (Å²) >= 11 is 0. The van der Waals surface area contributed by atoms with E-state index in [1.807, 2.05) is 0 Å². The minimum Gasteiger partial charge on any atom is -0.510 e. The predicted octanol–water partition coefficient (Wildman–Crippen LogP) is 1.28. The summed E-state index contributed by atoms with van der Waals surface area (Å²) in [6.07, 6.45) is -2.31. The fraction of sp³-hybridized carbons (Fsp3) is 0. The smallest absolute Gasteiger partial charge is 0.304 e. The second-order valence-electron chi connectivity index (χ2n) is 0.419. The molecule has 3 heteroatoms. The third kappa shape index (κ3) is 3.40. The van der Waals surface area contributed by atoms with E-state index in [1.54, 1.807) is 0 Å². The van der Waals surface area contributed by atoms with Crippen LogP contribution >= 0.6 is 0 Å². The van der Waals surface area contributed by atoms with Gasteiger partial charge >= 0.3 is 6.08 Å². The lowest BCUT2D eigenvalue weighted by molar-refractivity contribution is 0.357. The molecule has 0 unspecified atom stereocenters. The third-order valence-corrected chi connectivity index (χ3v) is 0.0976. The molecule has 0 radical (unpaired) electrons. The summed E-state index contributed by atoms with van der Waals surface area (Å²) in [7, 11) is 0. The molecule has 0 saturated heterocycles. The van der Waals surface area contributed by atoms with Crippen LogP contribution in [0, 0.1) is 0 Å². The highest BCUT2D eigenvalue weighted by Crippen LogP contribution is 1.90. The first kappa shape index (κ1) is 4.40. The topological polar surface area (TPSA) is 20.2 Å². The van der Waals surface area contributed by atoms with Crippen LogP contribution in [0.25, 0.3) is 0 Å². The average molecular weight is 80.0 g/mol. The maximum Gasteiger partial charge on any atom is 0.304 e. The number of halogens is 2. The SMILES string of the molecule is OC=C(F)F. The lowest BCUT2D eigenvalue weighted by Crippen LogP contribution is -1.50. The van der Waals surface area contributed by atoms with Gasteiger partial charge in [0.05, 0.1) is 0 Å². The van der Waals surface area contributed by atoms with Gasteiger partial charge in [0.2, 0.25) is 0 Å². The summed E-state index contributed by atoms with van der Waals surface area (Å²) in [5.74, 6) is 0. The van der Waals surface area contributed by atoms with Crippen molar-refractivity contribution < 1.29 is 13.9 Å². The van der Waals surface area contributed by atoms with Gasteiger partial charge in [-0.1, -0.05) is 0 Å². The highest BCUT2D eigenvalue weighted by atomic mass is 19.3. The lowest BCUT2D eigenvalue weighted by Gasteiger charge is -1.63. The summed E-state index contributed by atoms with van der Waals surface area (Å²) in [6.45, 7) is 0. The summed E-state index contributed by atoms with van der Waals surface area (Å²) in [5, 5.41) is 7.23. The van der Waals surface area contributed by atoms with Crippen LogP contribution in [0.15, 0.2) is 12.3 Å². The number of hydrogen-bond donors (Lipinski definition) is 1. The van der Waals surface area contributed by atoms with Crippen molar-refractivity contribution in [1.29, 1.82) is 0 Å². The molecule has 0 aromatic carbocycles. The van der Waals surface area contributed by atoms with Crippen LogP contribution in [0.4, 0.5) is 8.78 Å². The van der Waals surface area contributed by atoms with Crippen LogP contribution in [0.1, 0.15) is 0 Å². The number of rotatable bonds is 0. The van der Waals surface area contributed by atoms with E-state index in [1.165, 1.54) is 0 Å². The molecule has 0 aromatic heterocycles. The molecule has 0 saturated carbocycles. The lowest BCUT2D eigenvalue weighted by atomic mass is 11.1. The molecule has 0 aliphatic heterocycles. The molecule has 1 N–H and O–H groups in total. The van der Waals surface area contributed by atoms with Crippen LogP contribution in [-0.4, -0.2) is 5.11 Å². The predicted molar refractivity (Wildman–Crippen MR) is 12.9 cm³/mol. The zero-order valence-electron chi connectivity index (χ0n) is 2.28. The molecular formula is C2H2F2O. The first-order valence-corrected chi connectivity index (χ1v) is 0.925. The van der Waals surface area contributed by atoms with E-state index in [2.05, 4.69) is 0 Å². The largest absolute Gasteiger partial charge is 0.510 e. The Morgan fingerprint density at radius 1 is 1.60 bits per heavy atom. The normalized spacial score (nSPS) is 6.80. The van der Waals surface area contributed by atoms with Gasteiger partial charge in [0.1, 0.15) is 6.26 Å². The van der Waals surface area contributed by atoms with Gasteiger partial charge in [0, 0.05) is 0 Å². The summed E-state index contributed by atoms with van der Waals surface area (Å²) < 4.78 is 20.8. The minimum atomic E-state index is -2.06. The number of aliphatic hydroxyl groups is 1. The van der Waals surface area contributed by atoms with Crippen molar-refractivity contribution in [2.24, 2.45) is 0 Å². The number of aliphatic hydroxyl groups excluding tert-OH is 1. The Labute approximate surface area is 27.5 Å². The van der Waals surface area contributed by atoms with Crippen molar-refractivity contribution in [2.45, 2.75) is 0 Å². The Bertz CT molecular complexity index is 45.6. The molecule has 0 rings (SSSR count). The maximum atomic E-state index is 10.4. The molecule has 0 heterocycles. The third-order valence-electron chi connectivity index (χ3n) is 0.0976. The molecule has 0 fully saturated rings. The second kappa shape index (κ2) is 1.69. The number of hydrogen-bond acceptors (Lipinski definition) is 1. The van der Waals surface area contributed by atoms with Crippen molar-refractivity contribution in [2.75, 3.05) is 0 Å². The Morgan fingerprint density at radius 2 is 1.80 bits per heavy atom. The summed E-state index contributed by atoms with van der Waals surface area (Å²) in [6, 6.07) is 0. The van der Waals surface area contributed by atoms with Crippen LogP contribution in [0.3, 0.4) is 0 Å². The Morgan fingerprint density at radius 3 is 1.80 bits per heavy atom. The van der Waals surface area contributed by atoms with E-state index in [0.717, 1.165) is 0 Å². The molecular weight excluding hydrogens is 78.0 g/mol. The van der Waals surface area contributed by atoms with Gasteiger partial charge in [-0.05, 0) is 0 Å². The maximum absolute atomic E-state index is 10.4. The molecule has 0 aliphatic carbocycles.